The Balaban J connectivity index is 2.20. The Hall–Kier alpha value is -1.17. The van der Waals surface area contributed by atoms with Gasteiger partial charge in [-0.15, -0.1) is 0 Å². The fraction of sp³-hybridized carbons (Fsp3) is 0.400. The molecule has 2 aromatic rings. The van der Waals surface area contributed by atoms with Gasteiger partial charge in [0.05, 0.1) is 12.2 Å². The zero-order valence-electron chi connectivity index (χ0n) is 12.2. The Morgan fingerprint density at radius 2 is 2.10 bits per heavy atom. The van der Waals surface area contributed by atoms with Crippen LogP contribution in [-0.2, 0) is 13.6 Å². The molecule has 0 saturated heterocycles. The number of hydrogen-bond donors (Lipinski definition) is 1. The van der Waals surface area contributed by atoms with Crippen molar-refractivity contribution in [2.45, 2.75) is 19.5 Å². The minimum absolute atomic E-state index is 0.177. The Morgan fingerprint density at radius 3 is 2.65 bits per heavy atom. The molecule has 1 unspecified atom stereocenters. The molecular weight excluding hydrogens is 316 g/mol. The highest BCUT2D eigenvalue weighted by Gasteiger charge is 2.20. The van der Waals surface area contributed by atoms with Crippen LogP contribution in [0.25, 0.3) is 0 Å². The van der Waals surface area contributed by atoms with Gasteiger partial charge in [0.25, 0.3) is 0 Å². The summed E-state index contributed by atoms with van der Waals surface area (Å²) in [5, 5.41) is 4.32. The molecule has 108 valence electrons. The molecule has 1 aromatic heterocycles. The van der Waals surface area contributed by atoms with Gasteiger partial charge in [-0.2, -0.15) is 5.10 Å². The van der Waals surface area contributed by atoms with Crippen LogP contribution in [-0.4, -0.2) is 28.3 Å². The maximum absolute atomic E-state index is 5.99. The number of likely N-dealkylation sites (N-methyl/N-ethyl adjacent to an activating group) is 1. The number of hydrogen-bond acceptors (Lipinski definition) is 3. The van der Waals surface area contributed by atoms with Crippen molar-refractivity contribution in [2.75, 3.05) is 13.6 Å². The number of nitrogens with zero attached hydrogens (tertiary/aromatic N) is 3. The second-order valence-electron chi connectivity index (χ2n) is 5.07. The maximum Gasteiger partial charge on any atom is 0.0540 e. The Bertz CT molecular complexity index is 579. The predicted molar refractivity (Wildman–Crippen MR) is 85.3 cm³/mol. The molecule has 20 heavy (non-hydrogen) atoms. The molecule has 0 aliphatic rings. The smallest absolute Gasteiger partial charge is 0.0540 e. The van der Waals surface area contributed by atoms with Gasteiger partial charge >= 0.3 is 0 Å². The molecule has 1 heterocycles. The average Bonchev–Trinajstić information content (AvgIpc) is 2.75. The predicted octanol–water partition coefficient (Wildman–Crippen LogP) is 2.62. The highest BCUT2D eigenvalue weighted by molar-refractivity contribution is 9.10. The summed E-state index contributed by atoms with van der Waals surface area (Å²) in [6.45, 7) is 3.50. The van der Waals surface area contributed by atoms with Crippen LogP contribution in [0, 0.1) is 6.92 Å². The lowest BCUT2D eigenvalue weighted by Gasteiger charge is -2.27. The molecule has 0 bridgehead atoms. The van der Waals surface area contributed by atoms with Gasteiger partial charge in [-0.3, -0.25) is 9.58 Å². The Morgan fingerprint density at radius 1 is 1.40 bits per heavy atom. The molecule has 0 spiro atoms. The number of rotatable bonds is 5. The van der Waals surface area contributed by atoms with Gasteiger partial charge < -0.3 is 5.73 Å². The van der Waals surface area contributed by atoms with E-state index in [9.17, 15) is 0 Å². The van der Waals surface area contributed by atoms with Crippen LogP contribution in [0.4, 0.5) is 0 Å². The van der Waals surface area contributed by atoms with Crippen molar-refractivity contribution >= 4 is 15.9 Å². The fourth-order valence-electron chi connectivity index (χ4n) is 2.39. The summed E-state index contributed by atoms with van der Waals surface area (Å²) < 4.78 is 3.02. The third kappa shape index (κ3) is 3.11. The molecule has 1 aromatic carbocycles. The lowest BCUT2D eigenvalue weighted by Crippen LogP contribution is -2.30. The van der Waals surface area contributed by atoms with E-state index in [1.54, 1.807) is 0 Å². The van der Waals surface area contributed by atoms with E-state index >= 15 is 0 Å². The zero-order valence-corrected chi connectivity index (χ0v) is 13.8. The molecule has 0 radical (unpaired) electrons. The van der Waals surface area contributed by atoms with E-state index in [0.29, 0.717) is 6.54 Å². The van der Waals surface area contributed by atoms with Crippen molar-refractivity contribution in [1.82, 2.24) is 14.7 Å². The van der Waals surface area contributed by atoms with Crippen LogP contribution < -0.4 is 5.73 Å². The molecule has 0 fully saturated rings. The van der Waals surface area contributed by atoms with Gasteiger partial charge in [-0.1, -0.05) is 34.1 Å². The summed E-state index contributed by atoms with van der Waals surface area (Å²) in [4.78, 5) is 2.27. The SMILES string of the molecule is Cc1c(C(CN)N(C)Cc2ccccc2Br)cnn1C. The third-order valence-corrected chi connectivity index (χ3v) is 4.54. The van der Waals surface area contributed by atoms with E-state index in [-0.39, 0.29) is 6.04 Å². The van der Waals surface area contributed by atoms with Gasteiger partial charge in [-0.25, -0.2) is 0 Å². The summed E-state index contributed by atoms with van der Waals surface area (Å²) in [6.07, 6.45) is 1.92. The van der Waals surface area contributed by atoms with E-state index < -0.39 is 0 Å². The third-order valence-electron chi connectivity index (χ3n) is 3.77. The molecule has 1 atom stereocenters. The number of aryl methyl sites for hydroxylation is 1. The van der Waals surface area contributed by atoms with Gasteiger partial charge in [0.2, 0.25) is 0 Å². The Kier molecular flexibility index (Phi) is 4.96. The summed E-state index contributed by atoms with van der Waals surface area (Å²) in [7, 11) is 4.06. The summed E-state index contributed by atoms with van der Waals surface area (Å²) in [6, 6.07) is 8.45. The van der Waals surface area contributed by atoms with Crippen molar-refractivity contribution in [3.05, 3.63) is 51.8 Å². The first-order chi connectivity index (χ1) is 9.54. The fourth-order valence-corrected chi connectivity index (χ4v) is 2.80. The lowest BCUT2D eigenvalue weighted by molar-refractivity contribution is 0.240. The minimum atomic E-state index is 0.177. The van der Waals surface area contributed by atoms with Crippen LogP contribution in [0.3, 0.4) is 0 Å². The second-order valence-corrected chi connectivity index (χ2v) is 5.92. The van der Waals surface area contributed by atoms with Crippen molar-refractivity contribution in [3.8, 4) is 0 Å². The summed E-state index contributed by atoms with van der Waals surface area (Å²) >= 11 is 3.60. The molecule has 2 N–H and O–H groups in total. The second kappa shape index (κ2) is 6.52. The van der Waals surface area contributed by atoms with E-state index in [1.807, 2.05) is 24.0 Å². The molecule has 2 rings (SSSR count). The highest BCUT2D eigenvalue weighted by atomic mass is 79.9. The average molecular weight is 337 g/mol. The molecule has 5 heteroatoms. The van der Waals surface area contributed by atoms with Crippen molar-refractivity contribution in [3.63, 3.8) is 0 Å². The topological polar surface area (TPSA) is 47.1 Å². The molecule has 0 saturated carbocycles. The van der Waals surface area contributed by atoms with E-state index in [4.69, 9.17) is 5.73 Å². The van der Waals surface area contributed by atoms with Crippen LogP contribution >= 0.6 is 15.9 Å². The summed E-state index contributed by atoms with van der Waals surface area (Å²) in [5.74, 6) is 0. The first kappa shape index (κ1) is 15.2. The highest BCUT2D eigenvalue weighted by Crippen LogP contribution is 2.25. The lowest BCUT2D eigenvalue weighted by atomic mass is 10.1. The molecule has 0 aliphatic heterocycles. The van der Waals surface area contributed by atoms with Gasteiger partial charge in [-0.05, 0) is 25.6 Å². The van der Waals surface area contributed by atoms with Crippen molar-refractivity contribution in [2.24, 2.45) is 12.8 Å². The van der Waals surface area contributed by atoms with Crippen molar-refractivity contribution < 1.29 is 0 Å². The Labute approximate surface area is 128 Å². The van der Waals surface area contributed by atoms with E-state index in [0.717, 1.165) is 11.0 Å². The number of nitrogens with two attached hydrogens (primary N) is 1. The first-order valence-corrected chi connectivity index (χ1v) is 7.46. The standard InChI is InChI=1S/C15H21BrN4/c1-11-13(9-18-20(11)3)15(8-17)19(2)10-12-6-4-5-7-14(12)16/h4-7,9,15H,8,10,17H2,1-3H3. The van der Waals surface area contributed by atoms with Crippen LogP contribution in [0.15, 0.2) is 34.9 Å². The molecular formula is C15H21BrN4. The van der Waals surface area contributed by atoms with Gasteiger partial charge in [0.1, 0.15) is 0 Å². The number of halogens is 1. The maximum atomic E-state index is 5.99. The minimum Gasteiger partial charge on any atom is -0.329 e. The normalized spacial score (nSPS) is 12.9. The first-order valence-electron chi connectivity index (χ1n) is 6.66. The number of aromatic nitrogens is 2. The van der Waals surface area contributed by atoms with Crippen LogP contribution in [0.2, 0.25) is 0 Å². The van der Waals surface area contributed by atoms with Gasteiger partial charge in [0, 0.05) is 35.9 Å². The van der Waals surface area contributed by atoms with E-state index in [1.165, 1.54) is 16.8 Å². The quantitative estimate of drug-likeness (QED) is 0.912. The molecule has 0 amide bonds. The summed E-state index contributed by atoms with van der Waals surface area (Å²) in [5.41, 5.74) is 9.61. The number of benzene rings is 1. The van der Waals surface area contributed by atoms with Gasteiger partial charge in [0.15, 0.2) is 0 Å². The van der Waals surface area contributed by atoms with E-state index in [2.05, 4.69) is 58.1 Å². The molecule has 0 aliphatic carbocycles. The molecule has 4 nitrogen and oxygen atoms in total. The zero-order chi connectivity index (χ0) is 14.7. The monoisotopic (exact) mass is 336 g/mol. The van der Waals surface area contributed by atoms with Crippen LogP contribution in [0.5, 0.6) is 0 Å². The van der Waals surface area contributed by atoms with Crippen LogP contribution in [0.1, 0.15) is 22.9 Å². The van der Waals surface area contributed by atoms with Crippen molar-refractivity contribution in [1.29, 1.82) is 0 Å². The largest absolute Gasteiger partial charge is 0.329 e.